The quantitative estimate of drug-likeness (QED) is 0.676. The predicted octanol–water partition coefficient (Wildman–Crippen LogP) is 1.90. The lowest BCUT2D eigenvalue weighted by molar-refractivity contribution is 0.341. The fourth-order valence-corrected chi connectivity index (χ4v) is 2.56. The lowest BCUT2D eigenvalue weighted by atomic mass is 10.3. The molecule has 2 atom stereocenters. The van der Waals surface area contributed by atoms with Gasteiger partial charge in [0, 0.05) is 0 Å². The van der Waals surface area contributed by atoms with Gasteiger partial charge >= 0.3 is 0 Å². The molecule has 0 bridgehead atoms. The Morgan fingerprint density at radius 1 is 1.00 bits per heavy atom. The van der Waals surface area contributed by atoms with Crippen molar-refractivity contribution in [2.24, 2.45) is 0 Å². The number of hydrogen-bond acceptors (Lipinski definition) is 2. The molecule has 0 rings (SSSR count). The van der Waals surface area contributed by atoms with Crippen molar-refractivity contribution in [1.82, 2.24) is 0 Å². The molecule has 5 heteroatoms. The summed E-state index contributed by atoms with van der Waals surface area (Å²) in [5, 5.41) is 0. The number of rotatable bonds is 6. The van der Waals surface area contributed by atoms with Crippen molar-refractivity contribution in [3.05, 3.63) is 0 Å². The van der Waals surface area contributed by atoms with Crippen LogP contribution in [0.2, 0.25) is 0 Å². The molecule has 0 heterocycles. The highest BCUT2D eigenvalue weighted by Crippen LogP contribution is 2.07. The molecule has 0 saturated carbocycles. The molecule has 0 radical (unpaired) electrons. The Bertz CT molecular complexity index is 208. The first-order valence-corrected chi connectivity index (χ1v) is 6.22. The molecule has 0 saturated heterocycles. The third-order valence-corrected chi connectivity index (χ3v) is 3.49. The first-order chi connectivity index (χ1) is 5.91. The van der Waals surface area contributed by atoms with E-state index in [1.165, 1.54) is 0 Å². The van der Waals surface area contributed by atoms with E-state index >= 15 is 0 Å². The number of sulfone groups is 1. The molecule has 0 amide bonds. The Morgan fingerprint density at radius 2 is 1.31 bits per heavy atom. The van der Waals surface area contributed by atoms with E-state index in [2.05, 4.69) is 0 Å². The SMILES string of the molecule is CCC(F)CS(=O)(=O)CC(F)CC. The lowest BCUT2D eigenvalue weighted by Crippen LogP contribution is -2.24. The van der Waals surface area contributed by atoms with Crippen LogP contribution in [0.3, 0.4) is 0 Å². The van der Waals surface area contributed by atoms with Crippen LogP contribution in [0.15, 0.2) is 0 Å². The lowest BCUT2D eigenvalue weighted by Gasteiger charge is -2.08. The van der Waals surface area contributed by atoms with Gasteiger partial charge < -0.3 is 0 Å². The van der Waals surface area contributed by atoms with Gasteiger partial charge in [-0.1, -0.05) is 13.8 Å². The van der Waals surface area contributed by atoms with Crippen molar-refractivity contribution < 1.29 is 17.2 Å². The van der Waals surface area contributed by atoms with Crippen molar-refractivity contribution in [1.29, 1.82) is 0 Å². The highest BCUT2D eigenvalue weighted by Gasteiger charge is 2.21. The molecule has 0 N–H and O–H groups in total. The maximum atomic E-state index is 12.7. The minimum absolute atomic E-state index is 0.155. The van der Waals surface area contributed by atoms with Gasteiger partial charge in [-0.25, -0.2) is 17.2 Å². The third-order valence-electron chi connectivity index (χ3n) is 1.76. The Hall–Kier alpha value is -0.190. The number of halogens is 2. The average molecular weight is 214 g/mol. The molecule has 0 aromatic heterocycles. The van der Waals surface area contributed by atoms with Gasteiger partial charge in [-0.3, -0.25) is 0 Å². The van der Waals surface area contributed by atoms with Crippen LogP contribution in [0.1, 0.15) is 26.7 Å². The van der Waals surface area contributed by atoms with E-state index in [0.717, 1.165) is 0 Å². The maximum Gasteiger partial charge on any atom is 0.156 e. The molecule has 0 fully saturated rings. The molecular weight excluding hydrogens is 198 g/mol. The normalized spacial score (nSPS) is 16.9. The van der Waals surface area contributed by atoms with E-state index < -0.39 is 33.7 Å². The van der Waals surface area contributed by atoms with Gasteiger partial charge in [0.2, 0.25) is 0 Å². The van der Waals surface area contributed by atoms with Crippen LogP contribution in [0, 0.1) is 0 Å². The Balaban J connectivity index is 4.09. The van der Waals surface area contributed by atoms with E-state index in [0.29, 0.717) is 0 Å². The van der Waals surface area contributed by atoms with Crippen LogP contribution >= 0.6 is 0 Å². The van der Waals surface area contributed by atoms with E-state index in [-0.39, 0.29) is 12.8 Å². The zero-order chi connectivity index (χ0) is 10.5. The van der Waals surface area contributed by atoms with Crippen molar-refractivity contribution in [3.8, 4) is 0 Å². The third kappa shape index (κ3) is 5.96. The van der Waals surface area contributed by atoms with E-state index in [1.54, 1.807) is 13.8 Å². The highest BCUT2D eigenvalue weighted by molar-refractivity contribution is 7.91. The molecule has 2 nitrogen and oxygen atoms in total. The number of hydrogen-bond donors (Lipinski definition) is 0. The summed E-state index contributed by atoms with van der Waals surface area (Å²) in [6, 6.07) is 0. The summed E-state index contributed by atoms with van der Waals surface area (Å²) in [6.45, 7) is 3.12. The van der Waals surface area contributed by atoms with Crippen LogP contribution in [-0.2, 0) is 9.84 Å². The summed E-state index contributed by atoms with van der Waals surface area (Å²) in [7, 11) is -3.55. The molecule has 0 spiro atoms. The zero-order valence-electron chi connectivity index (χ0n) is 7.96. The van der Waals surface area contributed by atoms with Gasteiger partial charge in [0.05, 0.1) is 11.5 Å². The number of alkyl halides is 2. The molecule has 2 unspecified atom stereocenters. The Morgan fingerprint density at radius 3 is 1.54 bits per heavy atom. The summed E-state index contributed by atoms with van der Waals surface area (Å²) < 4.78 is 47.5. The first-order valence-electron chi connectivity index (χ1n) is 4.39. The standard InChI is InChI=1S/C8H16F2O2S/c1-3-7(9)5-13(11,12)6-8(10)4-2/h7-8H,3-6H2,1-2H3. The molecular formula is C8H16F2O2S. The minimum atomic E-state index is -3.55. The Labute approximate surface area is 78.3 Å². The summed E-state index contributed by atoms with van der Waals surface area (Å²) >= 11 is 0. The predicted molar refractivity (Wildman–Crippen MR) is 49.0 cm³/mol. The minimum Gasteiger partial charge on any atom is -0.246 e. The van der Waals surface area contributed by atoms with E-state index in [9.17, 15) is 17.2 Å². The second-order valence-corrected chi connectivity index (χ2v) is 5.24. The van der Waals surface area contributed by atoms with Crippen LogP contribution in [0.5, 0.6) is 0 Å². The Kier molecular flexibility index (Phi) is 5.44. The second-order valence-electron chi connectivity index (χ2n) is 3.09. The van der Waals surface area contributed by atoms with Crippen LogP contribution in [0.4, 0.5) is 8.78 Å². The largest absolute Gasteiger partial charge is 0.246 e. The van der Waals surface area contributed by atoms with E-state index in [1.807, 2.05) is 0 Å². The van der Waals surface area contributed by atoms with Crippen molar-refractivity contribution >= 4 is 9.84 Å². The first kappa shape index (κ1) is 12.8. The van der Waals surface area contributed by atoms with Gasteiger partial charge in [0.25, 0.3) is 0 Å². The van der Waals surface area contributed by atoms with Crippen molar-refractivity contribution in [2.75, 3.05) is 11.5 Å². The molecule has 0 aromatic carbocycles. The van der Waals surface area contributed by atoms with Crippen LogP contribution in [0.25, 0.3) is 0 Å². The van der Waals surface area contributed by atoms with Gasteiger partial charge in [-0.15, -0.1) is 0 Å². The van der Waals surface area contributed by atoms with Crippen LogP contribution < -0.4 is 0 Å². The van der Waals surface area contributed by atoms with E-state index in [4.69, 9.17) is 0 Å². The zero-order valence-corrected chi connectivity index (χ0v) is 8.78. The topological polar surface area (TPSA) is 34.1 Å². The van der Waals surface area contributed by atoms with Gasteiger partial charge in [0.15, 0.2) is 9.84 Å². The second kappa shape index (κ2) is 5.52. The summed E-state index contributed by atoms with van der Waals surface area (Å²) in [5.41, 5.74) is 0. The molecule has 0 aliphatic heterocycles. The van der Waals surface area contributed by atoms with Gasteiger partial charge in [-0.05, 0) is 12.8 Å². The smallest absolute Gasteiger partial charge is 0.156 e. The average Bonchev–Trinajstić information content (AvgIpc) is 2.02. The maximum absolute atomic E-state index is 12.7. The monoisotopic (exact) mass is 214 g/mol. The summed E-state index contributed by atoms with van der Waals surface area (Å²) in [6.07, 6.45) is -2.42. The molecule has 13 heavy (non-hydrogen) atoms. The highest BCUT2D eigenvalue weighted by atomic mass is 32.2. The molecule has 0 aliphatic carbocycles. The van der Waals surface area contributed by atoms with Crippen molar-refractivity contribution in [2.45, 2.75) is 39.0 Å². The molecule has 80 valence electrons. The fraction of sp³-hybridized carbons (Fsp3) is 1.00. The summed E-state index contributed by atoms with van der Waals surface area (Å²) in [5.74, 6) is -1.10. The molecule has 0 aliphatic rings. The molecule has 0 aromatic rings. The van der Waals surface area contributed by atoms with Crippen LogP contribution in [-0.4, -0.2) is 32.3 Å². The summed E-state index contributed by atoms with van der Waals surface area (Å²) in [4.78, 5) is 0. The fourth-order valence-electron chi connectivity index (χ4n) is 0.855. The van der Waals surface area contributed by atoms with Crippen molar-refractivity contribution in [3.63, 3.8) is 0 Å². The van der Waals surface area contributed by atoms with Gasteiger partial charge in [0.1, 0.15) is 12.3 Å². The van der Waals surface area contributed by atoms with Gasteiger partial charge in [-0.2, -0.15) is 0 Å².